The van der Waals surface area contributed by atoms with Crippen LogP contribution in [-0.2, 0) is 11.3 Å². The molecule has 74 valence electrons. The number of nitrogens with two attached hydrogens (primary N) is 1. The lowest BCUT2D eigenvalue weighted by molar-refractivity contribution is -0.742. The average molecular weight is 191 g/mol. The van der Waals surface area contributed by atoms with E-state index in [-0.39, 0.29) is 5.95 Å². The minimum absolute atomic E-state index is 0.252. The maximum Gasteiger partial charge on any atom is 0.291 e. The molecule has 0 saturated carbocycles. The predicted octanol–water partition coefficient (Wildman–Crippen LogP) is -0.814. The summed E-state index contributed by atoms with van der Waals surface area (Å²) in [6.45, 7) is 0.421. The van der Waals surface area contributed by atoms with E-state index in [1.807, 2.05) is 0 Å². The molecule has 1 aromatic heterocycles. The molecular formula is C4H9N5O4. The summed E-state index contributed by atoms with van der Waals surface area (Å²) in [4.78, 5) is 12.1. The fourth-order valence-corrected chi connectivity index (χ4v) is 0.511. The van der Waals surface area contributed by atoms with Crippen molar-refractivity contribution in [2.24, 2.45) is 0 Å². The maximum atomic E-state index is 8.36. The summed E-state index contributed by atoms with van der Waals surface area (Å²) in [5, 5.41) is 19.8. The minimum atomic E-state index is -1.50. The molecule has 0 amide bonds. The van der Waals surface area contributed by atoms with Crippen LogP contribution in [0.2, 0.25) is 0 Å². The minimum Gasteiger partial charge on any atom is -0.377 e. The van der Waals surface area contributed by atoms with Crippen LogP contribution in [0.1, 0.15) is 5.82 Å². The van der Waals surface area contributed by atoms with Gasteiger partial charge in [0.05, 0.1) is 0 Å². The molecule has 1 heterocycles. The zero-order valence-electron chi connectivity index (χ0n) is 6.80. The highest BCUT2D eigenvalue weighted by molar-refractivity contribution is 5.11. The Morgan fingerprint density at radius 3 is 2.69 bits per heavy atom. The number of aromatic nitrogens is 3. The lowest BCUT2D eigenvalue weighted by atomic mass is 10.7. The van der Waals surface area contributed by atoms with E-state index < -0.39 is 5.09 Å². The molecule has 0 atom stereocenters. The molecule has 0 radical (unpaired) electrons. The first kappa shape index (κ1) is 11.1. The van der Waals surface area contributed by atoms with Gasteiger partial charge in [-0.15, -0.1) is 15.2 Å². The third-order valence-corrected chi connectivity index (χ3v) is 0.830. The molecule has 0 aliphatic heterocycles. The monoisotopic (exact) mass is 191 g/mol. The second-order valence-corrected chi connectivity index (χ2v) is 1.81. The summed E-state index contributed by atoms with van der Waals surface area (Å²) in [6, 6.07) is 0. The van der Waals surface area contributed by atoms with Crippen LogP contribution in [0.5, 0.6) is 0 Å². The van der Waals surface area contributed by atoms with Crippen LogP contribution in [0, 0.1) is 10.1 Å². The molecule has 0 spiro atoms. The number of ether oxygens (including phenoxy) is 1. The van der Waals surface area contributed by atoms with Crippen molar-refractivity contribution in [2.45, 2.75) is 6.61 Å². The van der Waals surface area contributed by atoms with E-state index in [0.717, 1.165) is 0 Å². The first-order valence-electron chi connectivity index (χ1n) is 3.05. The van der Waals surface area contributed by atoms with E-state index in [2.05, 4.69) is 15.2 Å². The van der Waals surface area contributed by atoms with Crippen molar-refractivity contribution in [1.82, 2.24) is 15.2 Å². The van der Waals surface area contributed by atoms with Crippen molar-refractivity contribution in [1.29, 1.82) is 0 Å². The van der Waals surface area contributed by atoms with Gasteiger partial charge < -0.3 is 15.7 Å². The number of nitrogens with one attached hydrogen (secondary N) is 1. The third-order valence-electron chi connectivity index (χ3n) is 0.830. The number of anilines is 1. The van der Waals surface area contributed by atoms with E-state index >= 15 is 0 Å². The number of methoxy groups -OCH3 is 1. The van der Waals surface area contributed by atoms with Crippen LogP contribution >= 0.6 is 0 Å². The molecule has 0 aromatic carbocycles. The van der Waals surface area contributed by atoms with Gasteiger partial charge in [0, 0.05) is 7.11 Å². The smallest absolute Gasteiger partial charge is 0.291 e. The van der Waals surface area contributed by atoms with Gasteiger partial charge in [0.1, 0.15) is 6.61 Å². The zero-order chi connectivity index (χ0) is 10.3. The Labute approximate surface area is 72.6 Å². The van der Waals surface area contributed by atoms with Gasteiger partial charge in [0.15, 0.2) is 5.82 Å². The number of aromatic amines is 1. The van der Waals surface area contributed by atoms with Crippen LogP contribution in [0.3, 0.4) is 0 Å². The fraction of sp³-hybridized carbons (Fsp3) is 0.500. The molecule has 0 aliphatic carbocycles. The lowest BCUT2D eigenvalue weighted by Gasteiger charge is -1.87. The fourth-order valence-electron chi connectivity index (χ4n) is 0.511. The van der Waals surface area contributed by atoms with Gasteiger partial charge in [-0.1, -0.05) is 0 Å². The first-order valence-corrected chi connectivity index (χ1v) is 3.05. The number of H-pyrrole nitrogens is 1. The molecule has 4 N–H and O–H groups in total. The molecule has 13 heavy (non-hydrogen) atoms. The normalized spacial score (nSPS) is 8.69. The van der Waals surface area contributed by atoms with Gasteiger partial charge in [-0.25, -0.2) is 0 Å². The summed E-state index contributed by atoms with van der Waals surface area (Å²) in [6.07, 6.45) is 0. The van der Waals surface area contributed by atoms with Crippen LogP contribution in [-0.4, -0.2) is 32.6 Å². The molecule has 0 unspecified atom stereocenters. The molecular weight excluding hydrogens is 182 g/mol. The van der Waals surface area contributed by atoms with Crippen molar-refractivity contribution < 1.29 is 15.0 Å². The molecule has 0 saturated heterocycles. The maximum absolute atomic E-state index is 8.36. The Morgan fingerprint density at radius 2 is 2.38 bits per heavy atom. The lowest BCUT2D eigenvalue weighted by Crippen LogP contribution is -1.90. The predicted molar refractivity (Wildman–Crippen MR) is 40.3 cm³/mol. The standard InChI is InChI=1S/C4H8N4O.HNO3/c1-9-2-3-6-4(5)8-7-3;2-1(3)4/h2H2,1H3,(H3,5,6,7,8);(H,2,3,4). The number of nitrogens with zero attached hydrogens (tertiary/aromatic N) is 3. The number of hydrogen-bond donors (Lipinski definition) is 3. The summed E-state index contributed by atoms with van der Waals surface area (Å²) in [5.74, 6) is 0.900. The van der Waals surface area contributed by atoms with E-state index in [0.29, 0.717) is 12.4 Å². The second kappa shape index (κ2) is 5.71. The van der Waals surface area contributed by atoms with E-state index in [1.54, 1.807) is 7.11 Å². The van der Waals surface area contributed by atoms with Crippen molar-refractivity contribution >= 4 is 5.95 Å². The second-order valence-electron chi connectivity index (χ2n) is 1.81. The molecule has 0 aliphatic rings. The molecule has 0 fully saturated rings. The molecule has 1 rings (SSSR count). The van der Waals surface area contributed by atoms with Crippen molar-refractivity contribution in [2.75, 3.05) is 12.8 Å². The van der Waals surface area contributed by atoms with Gasteiger partial charge in [0.2, 0.25) is 5.95 Å². The summed E-state index contributed by atoms with van der Waals surface area (Å²) < 4.78 is 4.75. The zero-order valence-corrected chi connectivity index (χ0v) is 6.80. The highest BCUT2D eigenvalue weighted by Gasteiger charge is 1.95. The van der Waals surface area contributed by atoms with Gasteiger partial charge in [-0.3, -0.25) is 5.10 Å². The van der Waals surface area contributed by atoms with E-state index in [1.165, 1.54) is 0 Å². The van der Waals surface area contributed by atoms with Gasteiger partial charge in [0.25, 0.3) is 5.09 Å². The number of hydrogen-bond acceptors (Lipinski definition) is 6. The highest BCUT2D eigenvalue weighted by Crippen LogP contribution is 1.92. The first-order chi connectivity index (χ1) is 6.06. The molecule has 9 heteroatoms. The number of nitrogen functional groups attached to an aromatic ring is 1. The van der Waals surface area contributed by atoms with E-state index in [9.17, 15) is 0 Å². The van der Waals surface area contributed by atoms with Crippen molar-refractivity contribution in [3.63, 3.8) is 0 Å². The Balaban J connectivity index is 0.000000310. The molecule has 1 aromatic rings. The summed E-state index contributed by atoms with van der Waals surface area (Å²) in [5.41, 5.74) is 5.20. The van der Waals surface area contributed by atoms with Gasteiger partial charge >= 0.3 is 0 Å². The topological polar surface area (TPSA) is 140 Å². The molecule has 9 nitrogen and oxygen atoms in total. The number of rotatable bonds is 2. The quantitative estimate of drug-likeness (QED) is 0.409. The van der Waals surface area contributed by atoms with E-state index in [4.69, 9.17) is 25.8 Å². The Bertz CT molecular complexity index is 257. The SMILES string of the molecule is COCc1nc(N)n[nH]1.O=[N+]([O-])O. The van der Waals surface area contributed by atoms with Gasteiger partial charge in [-0.2, -0.15) is 4.98 Å². The Hall–Kier alpha value is -1.90. The highest BCUT2D eigenvalue weighted by atomic mass is 16.9. The van der Waals surface area contributed by atoms with Crippen molar-refractivity contribution in [3.8, 4) is 0 Å². The average Bonchev–Trinajstić information content (AvgIpc) is 2.35. The molecule has 0 bridgehead atoms. The van der Waals surface area contributed by atoms with Crippen molar-refractivity contribution in [3.05, 3.63) is 15.9 Å². The van der Waals surface area contributed by atoms with Crippen LogP contribution in [0.15, 0.2) is 0 Å². The van der Waals surface area contributed by atoms with Crippen LogP contribution in [0.25, 0.3) is 0 Å². The largest absolute Gasteiger partial charge is 0.377 e. The Morgan fingerprint density at radius 1 is 1.85 bits per heavy atom. The Kier molecular flexibility index (Phi) is 4.88. The summed E-state index contributed by atoms with van der Waals surface area (Å²) >= 11 is 0. The third kappa shape index (κ3) is 6.50. The van der Waals surface area contributed by atoms with Crippen LogP contribution in [0.4, 0.5) is 5.95 Å². The van der Waals surface area contributed by atoms with Gasteiger partial charge in [-0.05, 0) is 0 Å². The van der Waals surface area contributed by atoms with Crippen LogP contribution < -0.4 is 5.73 Å². The summed E-state index contributed by atoms with van der Waals surface area (Å²) in [7, 11) is 1.58.